The van der Waals surface area contributed by atoms with Crippen LogP contribution in [0.25, 0.3) is 11.3 Å². The van der Waals surface area contributed by atoms with Crippen molar-refractivity contribution in [2.45, 2.75) is 0 Å². The lowest BCUT2D eigenvalue weighted by molar-refractivity contribution is 0.0702. The number of carboxylic acids is 1. The molecule has 0 radical (unpaired) electrons. The molecule has 2 aromatic rings. The van der Waals surface area contributed by atoms with E-state index in [4.69, 9.17) is 16.7 Å². The molecule has 2 rings (SSSR count). The van der Waals surface area contributed by atoms with E-state index < -0.39 is 5.97 Å². The first-order valence-electron chi connectivity index (χ1n) is 3.97. The summed E-state index contributed by atoms with van der Waals surface area (Å²) in [7, 11) is 1.72. The van der Waals surface area contributed by atoms with E-state index in [1.807, 2.05) is 0 Å². The highest BCUT2D eigenvalue weighted by atomic mass is 35.5. The van der Waals surface area contributed by atoms with Gasteiger partial charge in [-0.15, -0.1) is 16.4 Å². The lowest BCUT2D eigenvalue weighted by Gasteiger charge is -1.96. The minimum Gasteiger partial charge on any atom is -0.477 e. The molecule has 0 saturated carbocycles. The standard InChI is InChI=1S/C8H6ClN3O2S/c1-12-5(3-10-11-12)4-2-6(8(13)14)15-7(4)9/h2-3H,1H3,(H,13,14). The Kier molecular flexibility index (Phi) is 2.45. The molecule has 7 heteroatoms. The summed E-state index contributed by atoms with van der Waals surface area (Å²) in [5.74, 6) is -0.983. The monoisotopic (exact) mass is 243 g/mol. The summed E-state index contributed by atoms with van der Waals surface area (Å²) in [6.07, 6.45) is 1.54. The van der Waals surface area contributed by atoms with Crippen LogP contribution in [0.5, 0.6) is 0 Å². The molecule has 0 bridgehead atoms. The number of hydrogen-bond donors (Lipinski definition) is 1. The normalized spacial score (nSPS) is 10.5. The smallest absolute Gasteiger partial charge is 0.345 e. The molecule has 0 saturated heterocycles. The van der Waals surface area contributed by atoms with Gasteiger partial charge in [-0.1, -0.05) is 16.8 Å². The molecule has 0 aliphatic rings. The Hall–Kier alpha value is -1.40. The van der Waals surface area contributed by atoms with Crippen molar-refractivity contribution in [3.8, 4) is 11.3 Å². The maximum absolute atomic E-state index is 10.7. The number of aromatic carboxylic acids is 1. The number of hydrogen-bond acceptors (Lipinski definition) is 4. The number of aryl methyl sites for hydroxylation is 1. The van der Waals surface area contributed by atoms with Crippen LogP contribution >= 0.6 is 22.9 Å². The number of nitrogens with zero attached hydrogens (tertiary/aromatic N) is 3. The number of aromatic nitrogens is 3. The molecule has 78 valence electrons. The summed E-state index contributed by atoms with van der Waals surface area (Å²) in [6, 6.07) is 1.52. The third-order valence-electron chi connectivity index (χ3n) is 1.89. The second-order valence-corrected chi connectivity index (χ2v) is 4.50. The molecule has 0 atom stereocenters. The molecule has 0 aliphatic heterocycles. The van der Waals surface area contributed by atoms with Gasteiger partial charge in [0.15, 0.2) is 0 Å². The fourth-order valence-corrected chi connectivity index (χ4v) is 2.31. The molecule has 2 heterocycles. The minimum absolute atomic E-state index is 0.205. The van der Waals surface area contributed by atoms with Crippen molar-refractivity contribution in [3.63, 3.8) is 0 Å². The SMILES string of the molecule is Cn1nncc1-c1cc(C(=O)O)sc1Cl. The molecule has 0 fully saturated rings. The van der Waals surface area contributed by atoms with Gasteiger partial charge in [0.2, 0.25) is 0 Å². The molecule has 0 aliphatic carbocycles. The highest BCUT2D eigenvalue weighted by molar-refractivity contribution is 7.18. The van der Waals surface area contributed by atoms with Crippen LogP contribution < -0.4 is 0 Å². The number of carbonyl (C=O) groups is 1. The van der Waals surface area contributed by atoms with Crippen molar-refractivity contribution in [2.24, 2.45) is 7.05 Å². The van der Waals surface area contributed by atoms with Gasteiger partial charge in [0.1, 0.15) is 9.21 Å². The third-order valence-corrected chi connectivity index (χ3v) is 3.23. The Morgan fingerprint density at radius 1 is 1.67 bits per heavy atom. The number of rotatable bonds is 2. The maximum atomic E-state index is 10.7. The minimum atomic E-state index is -0.983. The highest BCUT2D eigenvalue weighted by Crippen LogP contribution is 2.34. The Balaban J connectivity index is 2.54. The zero-order valence-electron chi connectivity index (χ0n) is 7.64. The van der Waals surface area contributed by atoms with Gasteiger partial charge in [-0.05, 0) is 6.07 Å². The van der Waals surface area contributed by atoms with Gasteiger partial charge in [-0.25, -0.2) is 9.48 Å². The molecule has 0 aromatic carbocycles. The lowest BCUT2D eigenvalue weighted by atomic mass is 10.2. The molecule has 2 aromatic heterocycles. The van der Waals surface area contributed by atoms with Crippen LogP contribution in [0, 0.1) is 0 Å². The van der Waals surface area contributed by atoms with E-state index in [1.54, 1.807) is 17.9 Å². The molecule has 0 unspecified atom stereocenters. The summed E-state index contributed by atoms with van der Waals surface area (Å²) in [5.41, 5.74) is 1.34. The average molecular weight is 244 g/mol. The van der Waals surface area contributed by atoms with Crippen LogP contribution in [0.15, 0.2) is 12.3 Å². The third kappa shape index (κ3) is 1.73. The maximum Gasteiger partial charge on any atom is 0.345 e. The molecular formula is C8H6ClN3O2S. The topological polar surface area (TPSA) is 68.0 Å². The Labute approximate surface area is 93.9 Å². The van der Waals surface area contributed by atoms with Gasteiger partial charge in [0.25, 0.3) is 0 Å². The summed E-state index contributed by atoms with van der Waals surface area (Å²) < 4.78 is 1.97. The zero-order chi connectivity index (χ0) is 11.0. The number of thiophene rings is 1. The summed E-state index contributed by atoms with van der Waals surface area (Å²) in [6.45, 7) is 0. The molecule has 15 heavy (non-hydrogen) atoms. The van der Waals surface area contributed by atoms with Crippen molar-refractivity contribution in [1.82, 2.24) is 15.0 Å². The summed E-state index contributed by atoms with van der Waals surface area (Å²) in [5, 5.41) is 16.3. The van der Waals surface area contributed by atoms with Crippen LogP contribution in [0.1, 0.15) is 9.67 Å². The van der Waals surface area contributed by atoms with Crippen LogP contribution in [0.3, 0.4) is 0 Å². The highest BCUT2D eigenvalue weighted by Gasteiger charge is 2.16. The van der Waals surface area contributed by atoms with Crippen LogP contribution in [0.2, 0.25) is 4.34 Å². The van der Waals surface area contributed by atoms with Gasteiger partial charge in [-0.3, -0.25) is 0 Å². The van der Waals surface area contributed by atoms with Gasteiger partial charge in [0, 0.05) is 12.6 Å². The van der Waals surface area contributed by atoms with Crippen LogP contribution in [-0.2, 0) is 7.05 Å². The summed E-state index contributed by atoms with van der Waals surface area (Å²) >= 11 is 6.97. The van der Waals surface area contributed by atoms with Crippen molar-refractivity contribution in [3.05, 3.63) is 21.5 Å². The first-order chi connectivity index (χ1) is 7.09. The zero-order valence-corrected chi connectivity index (χ0v) is 9.21. The van der Waals surface area contributed by atoms with Crippen molar-refractivity contribution in [2.75, 3.05) is 0 Å². The van der Waals surface area contributed by atoms with Gasteiger partial charge >= 0.3 is 5.97 Å². The quantitative estimate of drug-likeness (QED) is 0.875. The molecule has 1 N–H and O–H groups in total. The van der Waals surface area contributed by atoms with Crippen LogP contribution in [0.4, 0.5) is 0 Å². The number of halogens is 1. The Bertz CT molecular complexity index is 520. The van der Waals surface area contributed by atoms with E-state index in [1.165, 1.54) is 6.07 Å². The predicted octanol–water partition coefficient (Wildman–Crippen LogP) is 1.90. The van der Waals surface area contributed by atoms with Crippen LogP contribution in [-0.4, -0.2) is 26.1 Å². The van der Waals surface area contributed by atoms with E-state index in [0.29, 0.717) is 15.6 Å². The van der Waals surface area contributed by atoms with Gasteiger partial charge in [0.05, 0.1) is 11.9 Å². The van der Waals surface area contributed by atoms with Crippen molar-refractivity contribution < 1.29 is 9.90 Å². The van der Waals surface area contributed by atoms with E-state index in [0.717, 1.165) is 11.3 Å². The van der Waals surface area contributed by atoms with Crippen molar-refractivity contribution >= 4 is 28.9 Å². The predicted molar refractivity (Wildman–Crippen MR) is 56.3 cm³/mol. The first kappa shape index (κ1) is 10.1. The Morgan fingerprint density at radius 3 is 2.87 bits per heavy atom. The van der Waals surface area contributed by atoms with Crippen molar-refractivity contribution in [1.29, 1.82) is 0 Å². The van der Waals surface area contributed by atoms with E-state index in [-0.39, 0.29) is 4.88 Å². The molecule has 0 spiro atoms. The van der Waals surface area contributed by atoms with E-state index in [2.05, 4.69) is 10.3 Å². The van der Waals surface area contributed by atoms with E-state index >= 15 is 0 Å². The molecule has 5 nitrogen and oxygen atoms in total. The average Bonchev–Trinajstić information content (AvgIpc) is 2.71. The fraction of sp³-hybridized carbons (Fsp3) is 0.125. The van der Waals surface area contributed by atoms with Gasteiger partial charge < -0.3 is 5.11 Å². The van der Waals surface area contributed by atoms with Gasteiger partial charge in [-0.2, -0.15) is 0 Å². The van der Waals surface area contributed by atoms with E-state index in [9.17, 15) is 4.79 Å². The lowest BCUT2D eigenvalue weighted by Crippen LogP contribution is -1.93. The second-order valence-electron chi connectivity index (χ2n) is 2.85. The first-order valence-corrected chi connectivity index (χ1v) is 5.16. The molecule has 0 amide bonds. The molecular weight excluding hydrogens is 238 g/mol. The number of carboxylic acid groups (broad SMARTS) is 1. The summed E-state index contributed by atoms with van der Waals surface area (Å²) in [4.78, 5) is 10.9. The largest absolute Gasteiger partial charge is 0.477 e. The second kappa shape index (κ2) is 3.63. The Morgan fingerprint density at radius 2 is 2.40 bits per heavy atom. The fourth-order valence-electron chi connectivity index (χ4n) is 1.18.